The van der Waals surface area contributed by atoms with Crippen LogP contribution >= 0.6 is 35.0 Å². The molecule has 0 amide bonds. The van der Waals surface area contributed by atoms with E-state index in [0.29, 0.717) is 0 Å². The van der Waals surface area contributed by atoms with Crippen molar-refractivity contribution in [1.82, 2.24) is 4.98 Å². The van der Waals surface area contributed by atoms with Crippen LogP contribution in [0.15, 0.2) is 40.4 Å². The van der Waals surface area contributed by atoms with Gasteiger partial charge in [-0.25, -0.2) is 17.8 Å². The van der Waals surface area contributed by atoms with Gasteiger partial charge in [0.2, 0.25) is 0 Å². The number of sulfonamides is 1. The highest BCUT2D eigenvalue weighted by molar-refractivity contribution is 7.98. The van der Waals surface area contributed by atoms with E-state index >= 15 is 0 Å². The zero-order chi connectivity index (χ0) is 15.6. The van der Waals surface area contributed by atoms with Crippen molar-refractivity contribution in [1.29, 1.82) is 0 Å². The standard InChI is InChI=1S/C12H9Cl2FN2O2S2/c1-20-11-3-2-8(6-16-11)17-21(18,19)12-9(13)4-7(15)5-10(12)14/h2-6,17H,1H3. The Balaban J connectivity index is 2.38. The highest BCUT2D eigenvalue weighted by atomic mass is 35.5. The molecule has 21 heavy (non-hydrogen) atoms. The smallest absolute Gasteiger partial charge is 0.264 e. The van der Waals surface area contributed by atoms with Crippen LogP contribution in [-0.4, -0.2) is 19.7 Å². The number of rotatable bonds is 4. The van der Waals surface area contributed by atoms with Gasteiger partial charge in [-0.3, -0.25) is 4.72 Å². The van der Waals surface area contributed by atoms with Crippen LogP contribution in [0.3, 0.4) is 0 Å². The van der Waals surface area contributed by atoms with E-state index in [4.69, 9.17) is 23.2 Å². The molecule has 4 nitrogen and oxygen atoms in total. The third-order valence-corrected chi connectivity index (χ3v) is 5.39. The number of hydrogen-bond donors (Lipinski definition) is 1. The van der Waals surface area contributed by atoms with Crippen LogP contribution < -0.4 is 4.72 Å². The average Bonchev–Trinajstić information content (AvgIpc) is 2.37. The van der Waals surface area contributed by atoms with Crippen LogP contribution in [0.4, 0.5) is 10.1 Å². The number of aromatic nitrogens is 1. The largest absolute Gasteiger partial charge is 0.278 e. The van der Waals surface area contributed by atoms with E-state index in [9.17, 15) is 12.8 Å². The minimum absolute atomic E-state index is 0.254. The third kappa shape index (κ3) is 3.79. The van der Waals surface area contributed by atoms with Crippen LogP contribution in [0.2, 0.25) is 10.0 Å². The van der Waals surface area contributed by atoms with E-state index in [2.05, 4.69) is 9.71 Å². The van der Waals surface area contributed by atoms with E-state index in [-0.39, 0.29) is 20.6 Å². The summed E-state index contributed by atoms with van der Waals surface area (Å²) in [5.41, 5.74) is 0.254. The molecule has 2 rings (SSSR count). The maximum atomic E-state index is 13.1. The molecule has 0 atom stereocenters. The molecule has 2 aromatic rings. The molecule has 0 saturated heterocycles. The summed E-state index contributed by atoms with van der Waals surface area (Å²) >= 11 is 13.0. The quantitative estimate of drug-likeness (QED) is 0.829. The Morgan fingerprint density at radius 2 is 1.86 bits per heavy atom. The molecule has 0 aliphatic rings. The van der Waals surface area contributed by atoms with Crippen LogP contribution in [0.5, 0.6) is 0 Å². The first-order chi connectivity index (χ1) is 9.83. The number of pyridine rings is 1. The molecule has 112 valence electrons. The van der Waals surface area contributed by atoms with Gasteiger partial charge in [-0.1, -0.05) is 23.2 Å². The van der Waals surface area contributed by atoms with Gasteiger partial charge in [0.25, 0.3) is 10.0 Å². The topological polar surface area (TPSA) is 59.1 Å². The number of halogens is 3. The van der Waals surface area contributed by atoms with Crippen molar-refractivity contribution in [2.45, 2.75) is 9.92 Å². The fourth-order valence-electron chi connectivity index (χ4n) is 1.55. The lowest BCUT2D eigenvalue weighted by atomic mass is 10.3. The van der Waals surface area contributed by atoms with Crippen LogP contribution in [0, 0.1) is 5.82 Å². The van der Waals surface area contributed by atoms with Crippen LogP contribution in [0.1, 0.15) is 0 Å². The predicted molar refractivity (Wildman–Crippen MR) is 83.2 cm³/mol. The molecular formula is C12H9Cl2FN2O2S2. The van der Waals surface area contributed by atoms with Gasteiger partial charge in [-0.15, -0.1) is 11.8 Å². The van der Waals surface area contributed by atoms with Gasteiger partial charge in [-0.05, 0) is 30.5 Å². The number of nitrogens with one attached hydrogen (secondary N) is 1. The van der Waals surface area contributed by atoms with E-state index in [0.717, 1.165) is 17.2 Å². The number of benzene rings is 1. The normalized spacial score (nSPS) is 11.4. The van der Waals surface area contributed by atoms with Gasteiger partial charge in [-0.2, -0.15) is 0 Å². The Labute approximate surface area is 135 Å². The van der Waals surface area contributed by atoms with Gasteiger partial charge < -0.3 is 0 Å². The van der Waals surface area contributed by atoms with Gasteiger partial charge in [0.15, 0.2) is 0 Å². The summed E-state index contributed by atoms with van der Waals surface area (Å²) in [5, 5.41) is 0.165. The molecule has 0 bridgehead atoms. The fraction of sp³-hybridized carbons (Fsp3) is 0.0833. The second-order valence-corrected chi connectivity index (χ2v) is 7.15. The van der Waals surface area contributed by atoms with Gasteiger partial charge >= 0.3 is 0 Å². The maximum absolute atomic E-state index is 13.1. The zero-order valence-corrected chi connectivity index (χ0v) is 13.7. The van der Waals surface area contributed by atoms with Gasteiger partial charge in [0, 0.05) is 0 Å². The molecule has 0 fully saturated rings. The molecule has 1 heterocycles. The second-order valence-electron chi connectivity index (χ2n) is 3.89. The number of nitrogens with zero attached hydrogens (tertiary/aromatic N) is 1. The first kappa shape index (κ1) is 16.4. The zero-order valence-electron chi connectivity index (χ0n) is 10.6. The predicted octanol–water partition coefficient (Wildman–Crippen LogP) is 4.05. The summed E-state index contributed by atoms with van der Waals surface area (Å²) in [7, 11) is -4.04. The SMILES string of the molecule is CSc1ccc(NS(=O)(=O)c2c(Cl)cc(F)cc2Cl)cn1. The average molecular weight is 367 g/mol. The Morgan fingerprint density at radius 3 is 2.33 bits per heavy atom. The molecule has 0 saturated carbocycles. The second kappa shape index (κ2) is 6.39. The Hall–Kier alpha value is -1.02. The molecule has 1 aromatic carbocycles. The monoisotopic (exact) mass is 366 g/mol. The highest BCUT2D eigenvalue weighted by Gasteiger charge is 2.23. The minimum atomic E-state index is -4.04. The van der Waals surface area contributed by atoms with E-state index < -0.39 is 15.8 Å². The molecule has 0 radical (unpaired) electrons. The van der Waals surface area contributed by atoms with Crippen molar-refractivity contribution in [3.63, 3.8) is 0 Å². The minimum Gasteiger partial charge on any atom is -0.278 e. The number of thioether (sulfide) groups is 1. The molecule has 0 aliphatic heterocycles. The third-order valence-electron chi connectivity index (χ3n) is 2.43. The summed E-state index contributed by atoms with van der Waals surface area (Å²) < 4.78 is 40.0. The van der Waals surface area contributed by atoms with E-state index in [1.807, 2.05) is 6.26 Å². The van der Waals surface area contributed by atoms with Gasteiger partial charge in [0.1, 0.15) is 10.7 Å². The summed E-state index contributed by atoms with van der Waals surface area (Å²) in [6.45, 7) is 0. The Bertz CT molecular complexity index is 744. The van der Waals surface area contributed by atoms with Crippen molar-refractivity contribution in [2.75, 3.05) is 11.0 Å². The Morgan fingerprint density at radius 1 is 1.24 bits per heavy atom. The molecule has 0 spiro atoms. The number of anilines is 1. The van der Waals surface area contributed by atoms with Crippen molar-refractivity contribution >= 4 is 50.7 Å². The van der Waals surface area contributed by atoms with Crippen molar-refractivity contribution in [2.24, 2.45) is 0 Å². The lowest BCUT2D eigenvalue weighted by molar-refractivity contribution is 0.600. The lowest BCUT2D eigenvalue weighted by Crippen LogP contribution is -2.14. The van der Waals surface area contributed by atoms with Gasteiger partial charge in [0.05, 0.1) is 27.0 Å². The fourth-order valence-corrected chi connectivity index (χ4v) is 4.15. The molecule has 1 aromatic heterocycles. The molecule has 1 N–H and O–H groups in total. The molecule has 9 heteroatoms. The highest BCUT2D eigenvalue weighted by Crippen LogP contribution is 2.31. The Kier molecular flexibility index (Phi) is 4.98. The molecular weight excluding hydrogens is 358 g/mol. The first-order valence-electron chi connectivity index (χ1n) is 5.51. The number of hydrogen-bond acceptors (Lipinski definition) is 4. The van der Waals surface area contributed by atoms with Crippen molar-refractivity contribution < 1.29 is 12.8 Å². The summed E-state index contributed by atoms with van der Waals surface area (Å²) in [6.07, 6.45) is 3.22. The lowest BCUT2D eigenvalue weighted by Gasteiger charge is -2.11. The molecule has 0 unspecified atom stereocenters. The summed E-state index contributed by atoms with van der Waals surface area (Å²) in [5.74, 6) is -0.713. The van der Waals surface area contributed by atoms with E-state index in [1.165, 1.54) is 18.0 Å². The van der Waals surface area contributed by atoms with Crippen LogP contribution in [-0.2, 0) is 10.0 Å². The van der Waals surface area contributed by atoms with Crippen molar-refractivity contribution in [3.05, 3.63) is 46.3 Å². The summed E-state index contributed by atoms with van der Waals surface area (Å²) in [4.78, 5) is 3.67. The summed E-state index contributed by atoms with van der Waals surface area (Å²) in [6, 6.07) is 4.99. The van der Waals surface area contributed by atoms with Crippen LogP contribution in [0.25, 0.3) is 0 Å². The first-order valence-corrected chi connectivity index (χ1v) is 8.97. The molecule has 0 aliphatic carbocycles. The maximum Gasteiger partial charge on any atom is 0.264 e. The van der Waals surface area contributed by atoms with Crippen molar-refractivity contribution in [3.8, 4) is 0 Å². The van der Waals surface area contributed by atoms with E-state index in [1.54, 1.807) is 12.1 Å².